The molecule has 0 spiro atoms. The maximum absolute atomic E-state index is 12.5. The summed E-state index contributed by atoms with van der Waals surface area (Å²) in [7, 11) is 0. The third-order valence-electron chi connectivity index (χ3n) is 4.94. The zero-order valence-corrected chi connectivity index (χ0v) is 13.1. The maximum atomic E-state index is 12.5. The summed E-state index contributed by atoms with van der Waals surface area (Å²) in [6.45, 7) is 0. The van der Waals surface area contributed by atoms with E-state index in [2.05, 4.69) is 10.3 Å². The summed E-state index contributed by atoms with van der Waals surface area (Å²) in [5.74, 6) is 0.607. The van der Waals surface area contributed by atoms with Crippen molar-refractivity contribution in [2.75, 3.05) is 5.32 Å². The summed E-state index contributed by atoms with van der Waals surface area (Å²) in [5.41, 5.74) is 0.915. The zero-order chi connectivity index (χ0) is 15.1. The highest BCUT2D eigenvalue weighted by Crippen LogP contribution is 2.40. The molecule has 1 aromatic heterocycles. The number of fused-ring (bicyclic) bond motifs is 3. The van der Waals surface area contributed by atoms with Crippen LogP contribution in [-0.2, 0) is 9.59 Å². The van der Waals surface area contributed by atoms with Crippen molar-refractivity contribution in [3.63, 3.8) is 0 Å². The van der Waals surface area contributed by atoms with Crippen molar-refractivity contribution in [3.8, 4) is 0 Å². The van der Waals surface area contributed by atoms with Gasteiger partial charge in [-0.25, -0.2) is 4.98 Å². The second-order valence-electron chi connectivity index (χ2n) is 6.37. The molecule has 1 N–H and O–H groups in total. The van der Waals surface area contributed by atoms with Gasteiger partial charge < -0.3 is 5.32 Å². The summed E-state index contributed by atoms with van der Waals surface area (Å²) in [6, 6.07) is 7.87. The largest absolute Gasteiger partial charge is 0.302 e. The molecule has 2 aliphatic rings. The average Bonchev–Trinajstić information content (AvgIpc) is 2.88. The molecule has 22 heavy (non-hydrogen) atoms. The summed E-state index contributed by atoms with van der Waals surface area (Å²) in [4.78, 5) is 29.1. The Morgan fingerprint density at radius 2 is 1.91 bits per heavy atom. The van der Waals surface area contributed by atoms with Gasteiger partial charge in [0.25, 0.3) is 0 Å². The molecular formula is C17H18N2O2S. The molecule has 1 heterocycles. The Morgan fingerprint density at radius 3 is 2.64 bits per heavy atom. The molecule has 2 aromatic rings. The molecule has 2 bridgehead atoms. The summed E-state index contributed by atoms with van der Waals surface area (Å²) in [6.07, 6.45) is 4.48. The van der Waals surface area contributed by atoms with Crippen LogP contribution in [0.15, 0.2) is 24.3 Å². The lowest BCUT2D eigenvalue weighted by Crippen LogP contribution is -2.40. The van der Waals surface area contributed by atoms with E-state index in [9.17, 15) is 9.59 Å². The van der Waals surface area contributed by atoms with Crippen molar-refractivity contribution >= 4 is 38.4 Å². The molecule has 0 radical (unpaired) electrons. The summed E-state index contributed by atoms with van der Waals surface area (Å²) >= 11 is 1.50. The van der Waals surface area contributed by atoms with Crippen LogP contribution in [0.5, 0.6) is 0 Å². The van der Waals surface area contributed by atoms with Crippen LogP contribution >= 0.6 is 11.3 Å². The lowest BCUT2D eigenvalue weighted by Gasteiger charge is -2.36. The number of carbonyl (C=O) groups is 2. The number of amides is 1. The number of anilines is 1. The van der Waals surface area contributed by atoms with E-state index in [1.165, 1.54) is 11.3 Å². The highest BCUT2D eigenvalue weighted by Gasteiger charge is 2.41. The van der Waals surface area contributed by atoms with Crippen LogP contribution in [0.3, 0.4) is 0 Å². The number of nitrogens with one attached hydrogen (secondary N) is 1. The van der Waals surface area contributed by atoms with E-state index in [0.717, 1.165) is 29.5 Å². The van der Waals surface area contributed by atoms with Gasteiger partial charge in [0.2, 0.25) is 5.91 Å². The number of ketones is 1. The predicted octanol–water partition coefficient (Wildman–Crippen LogP) is 3.63. The van der Waals surface area contributed by atoms with E-state index in [-0.39, 0.29) is 23.7 Å². The summed E-state index contributed by atoms with van der Waals surface area (Å²) < 4.78 is 1.08. The number of hydrogen-bond acceptors (Lipinski definition) is 4. The first-order valence-corrected chi connectivity index (χ1v) is 8.72. The molecule has 114 valence electrons. The highest BCUT2D eigenvalue weighted by molar-refractivity contribution is 7.22. The predicted molar refractivity (Wildman–Crippen MR) is 86.8 cm³/mol. The number of Topliss-reactive ketones (excluding diaryl/α,β-unsaturated/α-hetero) is 1. The van der Waals surface area contributed by atoms with Crippen LogP contribution in [0, 0.1) is 17.8 Å². The fourth-order valence-corrected chi connectivity index (χ4v) is 4.70. The SMILES string of the molecule is O=C(Nc1nc2ccccc2s1)C1CC2CCCC(C1)C2=O. The quantitative estimate of drug-likeness (QED) is 0.921. The van der Waals surface area contributed by atoms with Crippen LogP contribution < -0.4 is 5.32 Å². The van der Waals surface area contributed by atoms with Gasteiger partial charge in [-0.15, -0.1) is 0 Å². The second-order valence-corrected chi connectivity index (χ2v) is 7.40. The minimum Gasteiger partial charge on any atom is -0.302 e. The first-order valence-electron chi connectivity index (χ1n) is 7.91. The number of carbonyl (C=O) groups excluding carboxylic acids is 2. The summed E-state index contributed by atoms with van der Waals surface area (Å²) in [5, 5.41) is 3.62. The van der Waals surface area contributed by atoms with Gasteiger partial charge in [0.1, 0.15) is 5.78 Å². The third-order valence-corrected chi connectivity index (χ3v) is 5.89. The Labute approximate surface area is 132 Å². The normalized spacial score (nSPS) is 27.8. The molecule has 5 heteroatoms. The fourth-order valence-electron chi connectivity index (χ4n) is 3.83. The molecule has 2 aliphatic carbocycles. The van der Waals surface area contributed by atoms with Crippen molar-refractivity contribution in [1.29, 1.82) is 0 Å². The van der Waals surface area contributed by atoms with Crippen molar-refractivity contribution < 1.29 is 9.59 Å². The highest BCUT2D eigenvalue weighted by atomic mass is 32.1. The number of para-hydroxylation sites is 1. The monoisotopic (exact) mass is 314 g/mol. The molecule has 2 unspecified atom stereocenters. The maximum Gasteiger partial charge on any atom is 0.229 e. The van der Waals surface area contributed by atoms with Gasteiger partial charge in [-0.05, 0) is 37.8 Å². The first-order chi connectivity index (χ1) is 10.7. The Bertz CT molecular complexity index is 690. The van der Waals surface area contributed by atoms with Crippen molar-refractivity contribution in [3.05, 3.63) is 24.3 Å². The third kappa shape index (κ3) is 2.43. The lowest BCUT2D eigenvalue weighted by molar-refractivity contribution is -0.136. The molecule has 2 saturated carbocycles. The van der Waals surface area contributed by atoms with E-state index in [4.69, 9.17) is 0 Å². The molecule has 2 atom stereocenters. The molecular weight excluding hydrogens is 296 g/mol. The Balaban J connectivity index is 1.49. The molecule has 1 aromatic carbocycles. The number of hydrogen-bond donors (Lipinski definition) is 1. The van der Waals surface area contributed by atoms with Gasteiger partial charge in [-0.2, -0.15) is 0 Å². The Kier molecular flexibility index (Phi) is 3.45. The van der Waals surface area contributed by atoms with Gasteiger partial charge in [0.15, 0.2) is 5.13 Å². The zero-order valence-electron chi connectivity index (χ0n) is 12.2. The van der Waals surface area contributed by atoms with Gasteiger partial charge in [0.05, 0.1) is 10.2 Å². The molecule has 1 amide bonds. The molecule has 0 saturated heterocycles. The average molecular weight is 314 g/mol. The van der Waals surface area contributed by atoms with Crippen LogP contribution in [-0.4, -0.2) is 16.7 Å². The van der Waals surface area contributed by atoms with Crippen LogP contribution in [0.1, 0.15) is 32.1 Å². The van der Waals surface area contributed by atoms with Crippen LogP contribution in [0.25, 0.3) is 10.2 Å². The number of rotatable bonds is 2. The van der Waals surface area contributed by atoms with Crippen molar-refractivity contribution in [2.45, 2.75) is 32.1 Å². The van der Waals surface area contributed by atoms with E-state index in [1.54, 1.807) is 0 Å². The molecule has 4 rings (SSSR count). The molecule has 4 nitrogen and oxygen atoms in total. The smallest absolute Gasteiger partial charge is 0.229 e. The second kappa shape index (κ2) is 5.47. The molecule has 0 aliphatic heterocycles. The van der Waals surface area contributed by atoms with E-state index in [1.807, 2.05) is 24.3 Å². The van der Waals surface area contributed by atoms with E-state index in [0.29, 0.717) is 23.8 Å². The van der Waals surface area contributed by atoms with E-state index >= 15 is 0 Å². The van der Waals surface area contributed by atoms with Gasteiger partial charge in [-0.3, -0.25) is 9.59 Å². The Hall–Kier alpha value is -1.75. The Morgan fingerprint density at radius 1 is 1.18 bits per heavy atom. The van der Waals surface area contributed by atoms with Crippen molar-refractivity contribution in [1.82, 2.24) is 4.98 Å². The van der Waals surface area contributed by atoms with E-state index < -0.39 is 0 Å². The van der Waals surface area contributed by atoms with Gasteiger partial charge >= 0.3 is 0 Å². The lowest BCUT2D eigenvalue weighted by atomic mass is 9.67. The van der Waals surface area contributed by atoms with Gasteiger partial charge in [0, 0.05) is 17.8 Å². The fraction of sp³-hybridized carbons (Fsp3) is 0.471. The minimum atomic E-state index is -0.0417. The number of benzene rings is 1. The minimum absolute atomic E-state index is 0.0310. The van der Waals surface area contributed by atoms with Gasteiger partial charge in [-0.1, -0.05) is 29.9 Å². The van der Waals surface area contributed by atoms with Crippen molar-refractivity contribution in [2.24, 2.45) is 17.8 Å². The van der Waals surface area contributed by atoms with Crippen LogP contribution in [0.2, 0.25) is 0 Å². The number of nitrogens with zero attached hydrogens (tertiary/aromatic N) is 1. The first kappa shape index (κ1) is 13.9. The number of aromatic nitrogens is 1. The topological polar surface area (TPSA) is 59.1 Å². The number of thiazole rings is 1. The van der Waals surface area contributed by atoms with Crippen LogP contribution in [0.4, 0.5) is 5.13 Å². The standard InChI is InChI=1S/C17H18N2O2S/c20-15-10-4-3-5-11(15)9-12(8-10)16(21)19-17-18-13-6-1-2-7-14(13)22-17/h1-2,6-7,10-12H,3-5,8-9H2,(H,18,19,21). The molecule has 2 fully saturated rings.